The summed E-state index contributed by atoms with van der Waals surface area (Å²) < 4.78 is 1.52. The Bertz CT molecular complexity index is 841. The number of pyridine rings is 1. The van der Waals surface area contributed by atoms with Gasteiger partial charge in [-0.05, 0) is 38.1 Å². The first-order valence-electron chi connectivity index (χ1n) is 6.83. The van der Waals surface area contributed by atoms with Gasteiger partial charge in [0.1, 0.15) is 11.5 Å². The number of anilines is 1. The summed E-state index contributed by atoms with van der Waals surface area (Å²) in [6.07, 6.45) is 1.42. The first-order chi connectivity index (χ1) is 11.0. The summed E-state index contributed by atoms with van der Waals surface area (Å²) in [5.74, 6) is 0.647. The number of amides is 1. The minimum atomic E-state index is -0.358. The van der Waals surface area contributed by atoms with E-state index in [0.717, 1.165) is 11.4 Å². The Morgan fingerprint density at radius 2 is 1.96 bits per heavy atom. The Kier molecular flexibility index (Phi) is 4.03. The molecule has 0 aromatic carbocycles. The molecule has 3 aromatic heterocycles. The van der Waals surface area contributed by atoms with E-state index in [4.69, 9.17) is 11.6 Å². The van der Waals surface area contributed by atoms with Gasteiger partial charge in [0, 0.05) is 12.3 Å². The fraction of sp³-hybridized carbons (Fsp3) is 0.133. The van der Waals surface area contributed by atoms with Gasteiger partial charge in [-0.15, -0.1) is 5.10 Å². The molecular weight excluding hydrogens is 316 g/mol. The van der Waals surface area contributed by atoms with E-state index in [1.807, 2.05) is 19.9 Å². The summed E-state index contributed by atoms with van der Waals surface area (Å²) in [7, 11) is 0. The molecule has 0 spiro atoms. The molecule has 3 heterocycles. The number of aryl methyl sites for hydroxylation is 2. The zero-order valence-corrected chi connectivity index (χ0v) is 13.2. The van der Waals surface area contributed by atoms with Crippen molar-refractivity contribution in [2.24, 2.45) is 0 Å². The topological polar surface area (TPSA) is 85.6 Å². The number of hydrogen-bond donors (Lipinski definition) is 1. The predicted octanol–water partition coefficient (Wildman–Crippen LogP) is 2.58. The SMILES string of the molecule is Cc1ccc(-n2nc(C)cc2NC(=O)c2ccc(Cl)cn2)nn1. The van der Waals surface area contributed by atoms with Gasteiger partial charge in [-0.1, -0.05) is 11.6 Å². The van der Waals surface area contributed by atoms with E-state index in [1.54, 1.807) is 24.3 Å². The third-order valence-electron chi connectivity index (χ3n) is 3.03. The Morgan fingerprint density at radius 3 is 2.61 bits per heavy atom. The maximum absolute atomic E-state index is 12.3. The lowest BCUT2D eigenvalue weighted by Gasteiger charge is -2.07. The normalized spacial score (nSPS) is 10.6. The molecule has 0 aliphatic rings. The Morgan fingerprint density at radius 1 is 1.13 bits per heavy atom. The smallest absolute Gasteiger partial charge is 0.275 e. The molecule has 3 rings (SSSR count). The number of nitrogens with zero attached hydrogens (tertiary/aromatic N) is 5. The molecule has 23 heavy (non-hydrogen) atoms. The number of rotatable bonds is 3. The average molecular weight is 329 g/mol. The second-order valence-corrected chi connectivity index (χ2v) is 5.37. The van der Waals surface area contributed by atoms with Crippen LogP contribution < -0.4 is 5.32 Å². The highest BCUT2D eigenvalue weighted by Gasteiger charge is 2.14. The van der Waals surface area contributed by atoms with Crippen molar-refractivity contribution in [2.45, 2.75) is 13.8 Å². The number of carbonyl (C=O) groups is 1. The van der Waals surface area contributed by atoms with E-state index in [9.17, 15) is 4.79 Å². The lowest BCUT2D eigenvalue weighted by Crippen LogP contribution is -2.16. The van der Waals surface area contributed by atoms with E-state index in [1.165, 1.54) is 10.9 Å². The van der Waals surface area contributed by atoms with Gasteiger partial charge in [-0.2, -0.15) is 14.9 Å². The van der Waals surface area contributed by atoms with Crippen molar-refractivity contribution in [2.75, 3.05) is 5.32 Å². The monoisotopic (exact) mass is 328 g/mol. The number of aromatic nitrogens is 5. The minimum Gasteiger partial charge on any atom is -0.305 e. The molecule has 0 saturated heterocycles. The molecule has 0 atom stereocenters. The molecule has 8 heteroatoms. The minimum absolute atomic E-state index is 0.259. The summed E-state index contributed by atoms with van der Waals surface area (Å²) in [5.41, 5.74) is 1.80. The Hall–Kier alpha value is -2.80. The first kappa shape index (κ1) is 15.1. The van der Waals surface area contributed by atoms with Crippen molar-refractivity contribution in [1.29, 1.82) is 0 Å². The van der Waals surface area contributed by atoms with E-state index in [0.29, 0.717) is 16.7 Å². The van der Waals surface area contributed by atoms with Gasteiger partial charge in [-0.25, -0.2) is 4.98 Å². The molecular formula is C15H13ClN6O. The molecule has 116 valence electrons. The highest BCUT2D eigenvalue weighted by atomic mass is 35.5. The maximum atomic E-state index is 12.3. The van der Waals surface area contributed by atoms with Crippen molar-refractivity contribution in [3.63, 3.8) is 0 Å². The molecule has 0 unspecified atom stereocenters. The van der Waals surface area contributed by atoms with E-state index >= 15 is 0 Å². The fourth-order valence-corrected chi connectivity index (χ4v) is 2.07. The van der Waals surface area contributed by atoms with Gasteiger partial charge in [0.2, 0.25) is 0 Å². The number of carbonyl (C=O) groups excluding carboxylic acids is 1. The summed E-state index contributed by atoms with van der Waals surface area (Å²) in [6.45, 7) is 3.67. The Balaban J connectivity index is 1.90. The zero-order valence-electron chi connectivity index (χ0n) is 12.5. The third-order valence-corrected chi connectivity index (χ3v) is 3.26. The molecule has 0 bridgehead atoms. The quantitative estimate of drug-likeness (QED) is 0.798. The second kappa shape index (κ2) is 6.13. The number of nitrogens with one attached hydrogen (secondary N) is 1. The van der Waals surface area contributed by atoms with E-state index < -0.39 is 0 Å². The van der Waals surface area contributed by atoms with Crippen LogP contribution in [0.3, 0.4) is 0 Å². The lowest BCUT2D eigenvalue weighted by molar-refractivity contribution is 0.102. The lowest BCUT2D eigenvalue weighted by atomic mass is 10.3. The first-order valence-corrected chi connectivity index (χ1v) is 7.21. The van der Waals surface area contributed by atoms with Crippen LogP contribution in [0.2, 0.25) is 5.02 Å². The van der Waals surface area contributed by atoms with Crippen LogP contribution in [0.25, 0.3) is 5.82 Å². The van der Waals surface area contributed by atoms with Gasteiger partial charge >= 0.3 is 0 Å². The molecule has 0 fully saturated rings. The van der Waals surface area contributed by atoms with Gasteiger partial charge in [0.05, 0.1) is 16.4 Å². The number of hydrogen-bond acceptors (Lipinski definition) is 5. The van der Waals surface area contributed by atoms with Crippen molar-refractivity contribution in [3.05, 3.63) is 58.6 Å². The molecule has 0 aliphatic carbocycles. The highest BCUT2D eigenvalue weighted by molar-refractivity contribution is 6.30. The molecule has 7 nitrogen and oxygen atoms in total. The molecule has 0 saturated carbocycles. The number of halogens is 1. The van der Waals surface area contributed by atoms with Crippen LogP contribution in [0, 0.1) is 13.8 Å². The summed E-state index contributed by atoms with van der Waals surface area (Å²) in [5, 5.41) is 15.7. The van der Waals surface area contributed by atoms with Crippen LogP contribution in [-0.4, -0.2) is 30.9 Å². The summed E-state index contributed by atoms with van der Waals surface area (Å²) in [6, 6.07) is 8.51. The molecule has 1 N–H and O–H groups in total. The molecule has 1 amide bonds. The molecule has 0 aliphatic heterocycles. The van der Waals surface area contributed by atoms with Crippen LogP contribution in [0.4, 0.5) is 5.82 Å². The van der Waals surface area contributed by atoms with Gasteiger partial charge in [-0.3, -0.25) is 4.79 Å². The maximum Gasteiger partial charge on any atom is 0.275 e. The van der Waals surface area contributed by atoms with E-state index in [-0.39, 0.29) is 11.6 Å². The second-order valence-electron chi connectivity index (χ2n) is 4.93. The predicted molar refractivity (Wildman–Crippen MR) is 85.8 cm³/mol. The fourth-order valence-electron chi connectivity index (χ4n) is 1.96. The molecule has 0 radical (unpaired) electrons. The zero-order chi connectivity index (χ0) is 16.4. The third kappa shape index (κ3) is 3.35. The summed E-state index contributed by atoms with van der Waals surface area (Å²) >= 11 is 5.77. The van der Waals surface area contributed by atoms with Crippen molar-refractivity contribution in [3.8, 4) is 5.82 Å². The highest BCUT2D eigenvalue weighted by Crippen LogP contribution is 2.16. The van der Waals surface area contributed by atoms with Gasteiger partial charge in [0.25, 0.3) is 5.91 Å². The van der Waals surface area contributed by atoms with Crippen molar-refractivity contribution < 1.29 is 4.79 Å². The Labute approximate surface area is 137 Å². The van der Waals surface area contributed by atoms with Crippen molar-refractivity contribution >= 4 is 23.3 Å². The van der Waals surface area contributed by atoms with Crippen LogP contribution in [0.1, 0.15) is 21.9 Å². The largest absolute Gasteiger partial charge is 0.305 e. The van der Waals surface area contributed by atoms with Gasteiger partial charge in [0.15, 0.2) is 5.82 Å². The summed E-state index contributed by atoms with van der Waals surface area (Å²) in [4.78, 5) is 16.3. The van der Waals surface area contributed by atoms with Crippen LogP contribution >= 0.6 is 11.6 Å². The van der Waals surface area contributed by atoms with Crippen LogP contribution in [0.15, 0.2) is 36.5 Å². The average Bonchev–Trinajstić information content (AvgIpc) is 2.89. The molecule has 3 aromatic rings. The van der Waals surface area contributed by atoms with Gasteiger partial charge < -0.3 is 5.32 Å². The van der Waals surface area contributed by atoms with Crippen molar-refractivity contribution in [1.82, 2.24) is 25.0 Å². The van der Waals surface area contributed by atoms with Crippen LogP contribution in [-0.2, 0) is 0 Å². The van der Waals surface area contributed by atoms with E-state index in [2.05, 4.69) is 25.6 Å². The standard InChI is InChI=1S/C15H13ClN6O/c1-9-3-6-13(20-19-9)22-14(7-10(2)21-22)18-15(23)12-5-4-11(16)8-17-12/h3-8H,1-2H3,(H,18,23). The van der Waals surface area contributed by atoms with Crippen LogP contribution in [0.5, 0.6) is 0 Å².